The predicted molar refractivity (Wildman–Crippen MR) is 112 cm³/mol. The molecule has 0 spiro atoms. The molecule has 3 heterocycles. The van der Waals surface area contributed by atoms with Gasteiger partial charge in [-0.15, -0.1) is 0 Å². The van der Waals surface area contributed by atoms with Gasteiger partial charge in [-0.3, -0.25) is 19.9 Å². The van der Waals surface area contributed by atoms with Crippen LogP contribution in [0.4, 0.5) is 0 Å². The fraction of sp³-hybridized carbons (Fsp3) is 0.0909. The predicted octanol–water partition coefficient (Wildman–Crippen LogP) is 2.85. The van der Waals surface area contributed by atoms with Gasteiger partial charge in [0, 0.05) is 12.6 Å². The van der Waals surface area contributed by atoms with Crippen LogP contribution in [0.3, 0.4) is 0 Å². The highest BCUT2D eigenvalue weighted by atomic mass is 16.2. The van der Waals surface area contributed by atoms with Gasteiger partial charge in [-0.05, 0) is 34.9 Å². The molecule has 0 aliphatic heterocycles. The minimum Gasteiger partial charge on any atom is -0.273 e. The van der Waals surface area contributed by atoms with Crippen molar-refractivity contribution in [2.24, 2.45) is 0 Å². The Kier molecular flexibility index (Phi) is 3.87. The molecule has 5 rings (SSSR count). The van der Waals surface area contributed by atoms with Crippen LogP contribution in [0.1, 0.15) is 16.8 Å². The van der Waals surface area contributed by atoms with E-state index in [-0.39, 0.29) is 0 Å². The van der Waals surface area contributed by atoms with Crippen LogP contribution >= 0.6 is 0 Å². The lowest BCUT2D eigenvalue weighted by Crippen LogP contribution is -2.30. The minimum absolute atomic E-state index is 0.321. The molecule has 0 saturated carbocycles. The molecule has 0 bridgehead atoms. The number of nitrogens with zero attached hydrogens (tertiary/aromatic N) is 3. The summed E-state index contributed by atoms with van der Waals surface area (Å²) >= 11 is 0. The standard InChI is InChI=1S/C22H17N5O2/c1-13-9-19(27-20-17(12-24-26-20)21(28)25-22(27)29)18(23-11-13)10-15-7-4-6-14-5-2-3-8-16(14)15/h2-9,11-12H,10H2,1H3,(H,24,26)(H,25,28,29). The number of aromatic amines is 2. The van der Waals surface area contributed by atoms with Crippen molar-refractivity contribution in [2.75, 3.05) is 0 Å². The largest absolute Gasteiger partial charge is 0.334 e. The third-order valence-corrected chi connectivity index (χ3v) is 5.07. The summed E-state index contributed by atoms with van der Waals surface area (Å²) in [5.74, 6) is 0. The number of rotatable bonds is 3. The summed E-state index contributed by atoms with van der Waals surface area (Å²) in [6.45, 7) is 1.92. The summed E-state index contributed by atoms with van der Waals surface area (Å²) in [4.78, 5) is 31.8. The Morgan fingerprint density at radius 3 is 2.72 bits per heavy atom. The number of pyridine rings is 1. The quantitative estimate of drug-likeness (QED) is 0.501. The number of nitrogens with one attached hydrogen (secondary N) is 2. The molecule has 0 saturated heterocycles. The zero-order valence-electron chi connectivity index (χ0n) is 15.6. The molecule has 142 valence electrons. The summed E-state index contributed by atoms with van der Waals surface area (Å²) < 4.78 is 1.43. The first-order valence-corrected chi connectivity index (χ1v) is 9.23. The summed E-state index contributed by atoms with van der Waals surface area (Å²) in [5.41, 5.74) is 2.73. The van der Waals surface area contributed by atoms with E-state index >= 15 is 0 Å². The zero-order chi connectivity index (χ0) is 20.0. The number of benzene rings is 2. The van der Waals surface area contributed by atoms with Gasteiger partial charge in [-0.25, -0.2) is 9.36 Å². The number of aryl methyl sites for hydroxylation is 1. The van der Waals surface area contributed by atoms with Crippen molar-refractivity contribution in [3.8, 4) is 5.69 Å². The number of hydrogen-bond donors (Lipinski definition) is 2. The average molecular weight is 383 g/mol. The SMILES string of the molecule is Cc1cnc(Cc2cccc3ccccc23)c(-n2c(=O)[nH]c(=O)c3cn[nH]c32)c1. The normalized spacial score (nSPS) is 11.3. The molecule has 0 fully saturated rings. The number of fused-ring (bicyclic) bond motifs is 2. The Balaban J connectivity index is 1.75. The Bertz CT molecular complexity index is 1490. The van der Waals surface area contributed by atoms with Crippen molar-refractivity contribution in [1.82, 2.24) is 24.7 Å². The van der Waals surface area contributed by atoms with Crippen molar-refractivity contribution in [2.45, 2.75) is 13.3 Å². The van der Waals surface area contributed by atoms with E-state index in [1.165, 1.54) is 10.8 Å². The van der Waals surface area contributed by atoms with E-state index in [4.69, 9.17) is 0 Å². The van der Waals surface area contributed by atoms with E-state index in [9.17, 15) is 9.59 Å². The second kappa shape index (κ2) is 6.56. The number of H-pyrrole nitrogens is 2. The smallest absolute Gasteiger partial charge is 0.273 e. The van der Waals surface area contributed by atoms with Crippen LogP contribution in [-0.4, -0.2) is 24.7 Å². The molecule has 0 aliphatic carbocycles. The maximum absolute atomic E-state index is 12.7. The first kappa shape index (κ1) is 17.1. The third kappa shape index (κ3) is 2.84. The van der Waals surface area contributed by atoms with Crippen LogP contribution in [-0.2, 0) is 6.42 Å². The molecule has 3 aromatic heterocycles. The first-order chi connectivity index (χ1) is 14.1. The lowest BCUT2D eigenvalue weighted by molar-refractivity contribution is 0.888. The molecular weight excluding hydrogens is 366 g/mol. The van der Waals surface area contributed by atoms with E-state index in [1.807, 2.05) is 31.2 Å². The van der Waals surface area contributed by atoms with Gasteiger partial charge >= 0.3 is 5.69 Å². The molecule has 7 nitrogen and oxygen atoms in total. The molecule has 0 radical (unpaired) electrons. The molecule has 0 atom stereocenters. The monoisotopic (exact) mass is 383 g/mol. The van der Waals surface area contributed by atoms with Gasteiger partial charge in [0.15, 0.2) is 0 Å². The van der Waals surface area contributed by atoms with Gasteiger partial charge in [0.25, 0.3) is 5.56 Å². The molecule has 2 N–H and O–H groups in total. The first-order valence-electron chi connectivity index (χ1n) is 9.23. The second-order valence-electron chi connectivity index (χ2n) is 7.02. The van der Waals surface area contributed by atoms with Crippen molar-refractivity contribution < 1.29 is 0 Å². The molecule has 0 aliphatic rings. The molecule has 2 aromatic carbocycles. The Morgan fingerprint density at radius 1 is 1.00 bits per heavy atom. The summed E-state index contributed by atoms with van der Waals surface area (Å²) in [6, 6.07) is 16.2. The zero-order valence-corrected chi connectivity index (χ0v) is 15.6. The van der Waals surface area contributed by atoms with Crippen molar-refractivity contribution >= 4 is 21.8 Å². The second-order valence-corrected chi connectivity index (χ2v) is 7.02. The highest BCUT2D eigenvalue weighted by Crippen LogP contribution is 2.24. The van der Waals surface area contributed by atoms with Gasteiger partial charge in [0.2, 0.25) is 0 Å². The van der Waals surface area contributed by atoms with Gasteiger partial charge in [0.1, 0.15) is 11.0 Å². The van der Waals surface area contributed by atoms with Gasteiger partial charge in [0.05, 0.1) is 17.6 Å². The van der Waals surface area contributed by atoms with Gasteiger partial charge < -0.3 is 0 Å². The molecule has 7 heteroatoms. The highest BCUT2D eigenvalue weighted by molar-refractivity contribution is 5.86. The van der Waals surface area contributed by atoms with Crippen LogP contribution in [0.25, 0.3) is 27.5 Å². The Hall–Kier alpha value is -4.00. The van der Waals surface area contributed by atoms with Crippen molar-refractivity contribution in [3.05, 3.63) is 98.6 Å². The maximum atomic E-state index is 12.7. The minimum atomic E-state index is -0.529. The van der Waals surface area contributed by atoms with Crippen LogP contribution in [0.5, 0.6) is 0 Å². The molecule has 0 unspecified atom stereocenters. The highest BCUT2D eigenvalue weighted by Gasteiger charge is 2.16. The fourth-order valence-corrected chi connectivity index (χ4v) is 3.71. The van der Waals surface area contributed by atoms with Crippen LogP contribution in [0.15, 0.2) is 70.5 Å². The summed E-state index contributed by atoms with van der Waals surface area (Å²) in [6.07, 6.45) is 3.74. The van der Waals surface area contributed by atoms with Crippen molar-refractivity contribution in [1.29, 1.82) is 0 Å². The fourth-order valence-electron chi connectivity index (χ4n) is 3.71. The van der Waals surface area contributed by atoms with E-state index in [0.717, 1.165) is 27.6 Å². The summed E-state index contributed by atoms with van der Waals surface area (Å²) in [7, 11) is 0. The van der Waals surface area contributed by atoms with Crippen LogP contribution in [0, 0.1) is 6.92 Å². The molecular formula is C22H17N5O2. The lowest BCUT2D eigenvalue weighted by Gasteiger charge is -2.14. The number of aromatic nitrogens is 5. The molecule has 5 aromatic rings. The van der Waals surface area contributed by atoms with Crippen LogP contribution in [0.2, 0.25) is 0 Å². The van der Waals surface area contributed by atoms with Crippen LogP contribution < -0.4 is 11.2 Å². The maximum Gasteiger partial charge on any atom is 0.334 e. The van der Waals surface area contributed by atoms with E-state index in [1.54, 1.807) is 6.20 Å². The topological polar surface area (TPSA) is 96.4 Å². The van der Waals surface area contributed by atoms with E-state index < -0.39 is 11.2 Å². The third-order valence-electron chi connectivity index (χ3n) is 5.07. The van der Waals surface area contributed by atoms with Gasteiger partial charge in [-0.2, -0.15) is 5.10 Å². The molecule has 29 heavy (non-hydrogen) atoms. The average Bonchev–Trinajstić information content (AvgIpc) is 3.20. The Labute approximate surface area is 164 Å². The summed E-state index contributed by atoms with van der Waals surface area (Å²) in [5, 5.41) is 9.33. The van der Waals surface area contributed by atoms with Crippen molar-refractivity contribution in [3.63, 3.8) is 0 Å². The Morgan fingerprint density at radius 2 is 1.83 bits per heavy atom. The van der Waals surface area contributed by atoms with Gasteiger partial charge in [-0.1, -0.05) is 42.5 Å². The van der Waals surface area contributed by atoms with E-state index in [2.05, 4.69) is 44.4 Å². The van der Waals surface area contributed by atoms with E-state index in [0.29, 0.717) is 23.1 Å². The lowest BCUT2D eigenvalue weighted by atomic mass is 10.00. The molecule has 0 amide bonds. The number of hydrogen-bond acceptors (Lipinski definition) is 4.